The van der Waals surface area contributed by atoms with Gasteiger partial charge in [-0.2, -0.15) is 9.57 Å². The molecule has 0 unspecified atom stereocenters. The number of hydrogen-bond donors (Lipinski definition) is 0. The van der Waals surface area contributed by atoms with Crippen molar-refractivity contribution in [2.45, 2.75) is 5.75 Å². The molecule has 0 radical (unpaired) electrons. The first-order valence-corrected chi connectivity index (χ1v) is 7.84. The molecule has 6 heteroatoms. The Hall–Kier alpha value is -1.42. The molecule has 1 aliphatic heterocycles. The Balaban J connectivity index is 1.97. The Labute approximate surface area is 114 Å². The first-order chi connectivity index (χ1) is 9.12. The van der Waals surface area contributed by atoms with Crippen LogP contribution in [0.15, 0.2) is 30.3 Å². The molecule has 0 aromatic heterocycles. The molecule has 1 heterocycles. The summed E-state index contributed by atoms with van der Waals surface area (Å²) >= 11 is 0. The van der Waals surface area contributed by atoms with Crippen LogP contribution in [-0.4, -0.2) is 50.3 Å². The van der Waals surface area contributed by atoms with Crippen LogP contribution < -0.4 is 0 Å². The topological polar surface area (TPSA) is 64.4 Å². The van der Waals surface area contributed by atoms with Crippen molar-refractivity contribution in [3.8, 4) is 6.07 Å². The van der Waals surface area contributed by atoms with E-state index in [9.17, 15) is 8.42 Å². The zero-order valence-electron chi connectivity index (χ0n) is 10.7. The molecule has 5 nitrogen and oxygen atoms in total. The van der Waals surface area contributed by atoms with Gasteiger partial charge in [0.1, 0.15) is 0 Å². The SMILES string of the molecule is N#CCN1CCN(S(=O)(=O)Cc2ccccc2)CC1. The quantitative estimate of drug-likeness (QED) is 0.759. The second kappa shape index (κ2) is 6.15. The first-order valence-electron chi connectivity index (χ1n) is 6.23. The van der Waals surface area contributed by atoms with E-state index >= 15 is 0 Å². The van der Waals surface area contributed by atoms with Crippen molar-refractivity contribution in [2.24, 2.45) is 0 Å². The highest BCUT2D eigenvalue weighted by Gasteiger charge is 2.26. The van der Waals surface area contributed by atoms with E-state index < -0.39 is 10.0 Å². The van der Waals surface area contributed by atoms with Gasteiger partial charge in [0.15, 0.2) is 0 Å². The fourth-order valence-electron chi connectivity index (χ4n) is 2.14. The van der Waals surface area contributed by atoms with Crippen LogP contribution in [0.2, 0.25) is 0 Å². The van der Waals surface area contributed by atoms with Gasteiger partial charge in [0.2, 0.25) is 10.0 Å². The summed E-state index contributed by atoms with van der Waals surface area (Å²) in [6.45, 7) is 2.56. The van der Waals surface area contributed by atoms with Crippen LogP contribution in [0.5, 0.6) is 0 Å². The zero-order chi connectivity index (χ0) is 13.7. The van der Waals surface area contributed by atoms with Gasteiger partial charge in [-0.3, -0.25) is 4.90 Å². The summed E-state index contributed by atoms with van der Waals surface area (Å²) in [4.78, 5) is 1.97. The molecule has 2 rings (SSSR count). The van der Waals surface area contributed by atoms with Crippen LogP contribution in [0.3, 0.4) is 0 Å². The lowest BCUT2D eigenvalue weighted by atomic mass is 10.2. The average molecular weight is 279 g/mol. The van der Waals surface area contributed by atoms with E-state index in [0.717, 1.165) is 5.56 Å². The maximum Gasteiger partial charge on any atom is 0.218 e. The Morgan fingerprint density at radius 2 is 1.74 bits per heavy atom. The van der Waals surface area contributed by atoms with Crippen LogP contribution in [-0.2, 0) is 15.8 Å². The summed E-state index contributed by atoms with van der Waals surface area (Å²) in [5.41, 5.74) is 0.807. The van der Waals surface area contributed by atoms with E-state index in [4.69, 9.17) is 5.26 Å². The summed E-state index contributed by atoms with van der Waals surface area (Å²) in [7, 11) is -3.25. The molecule has 0 amide bonds. The molecule has 1 aromatic rings. The number of hydrogen-bond acceptors (Lipinski definition) is 4. The molecule has 19 heavy (non-hydrogen) atoms. The van der Waals surface area contributed by atoms with E-state index in [0.29, 0.717) is 32.7 Å². The Bertz CT molecular complexity index is 543. The highest BCUT2D eigenvalue weighted by Crippen LogP contribution is 2.13. The van der Waals surface area contributed by atoms with E-state index in [1.54, 1.807) is 0 Å². The normalized spacial score (nSPS) is 18.1. The smallest absolute Gasteiger partial charge is 0.218 e. The van der Waals surface area contributed by atoms with Gasteiger partial charge >= 0.3 is 0 Å². The number of piperazine rings is 1. The maximum absolute atomic E-state index is 12.3. The minimum absolute atomic E-state index is 0.0477. The molecule has 1 aromatic carbocycles. The van der Waals surface area contributed by atoms with Crippen molar-refractivity contribution in [2.75, 3.05) is 32.7 Å². The Kier molecular flexibility index (Phi) is 4.53. The molecule has 0 N–H and O–H groups in total. The van der Waals surface area contributed by atoms with Crippen LogP contribution >= 0.6 is 0 Å². The van der Waals surface area contributed by atoms with E-state index in [-0.39, 0.29) is 5.75 Å². The predicted molar refractivity (Wildman–Crippen MR) is 72.7 cm³/mol. The molecule has 0 bridgehead atoms. The van der Waals surface area contributed by atoms with Crippen molar-refractivity contribution >= 4 is 10.0 Å². The van der Waals surface area contributed by atoms with Crippen molar-refractivity contribution in [1.82, 2.24) is 9.21 Å². The minimum atomic E-state index is -3.25. The van der Waals surface area contributed by atoms with Gasteiger partial charge in [0.25, 0.3) is 0 Å². The predicted octanol–water partition coefficient (Wildman–Crippen LogP) is 0.658. The van der Waals surface area contributed by atoms with Gasteiger partial charge in [-0.1, -0.05) is 30.3 Å². The largest absolute Gasteiger partial charge is 0.288 e. The summed E-state index contributed by atoms with van der Waals surface area (Å²) in [5, 5.41) is 8.62. The monoisotopic (exact) mass is 279 g/mol. The number of sulfonamides is 1. The van der Waals surface area contributed by atoms with Crippen molar-refractivity contribution in [1.29, 1.82) is 5.26 Å². The highest BCUT2D eigenvalue weighted by molar-refractivity contribution is 7.88. The van der Waals surface area contributed by atoms with Gasteiger partial charge in [-0.05, 0) is 5.56 Å². The average Bonchev–Trinajstić information content (AvgIpc) is 2.40. The zero-order valence-corrected chi connectivity index (χ0v) is 11.5. The fourth-order valence-corrected chi connectivity index (χ4v) is 3.66. The summed E-state index contributed by atoms with van der Waals surface area (Å²) in [6.07, 6.45) is 0. The lowest BCUT2D eigenvalue weighted by Gasteiger charge is -2.32. The third kappa shape index (κ3) is 3.77. The van der Waals surface area contributed by atoms with Gasteiger partial charge in [-0.25, -0.2) is 8.42 Å². The third-order valence-electron chi connectivity index (χ3n) is 3.21. The second-order valence-corrected chi connectivity index (χ2v) is 6.54. The molecule has 0 saturated carbocycles. The standard InChI is InChI=1S/C13H17N3O2S/c14-6-7-15-8-10-16(11-9-15)19(17,18)12-13-4-2-1-3-5-13/h1-5H,7-12H2. The molecule has 1 saturated heterocycles. The molecule has 0 atom stereocenters. The minimum Gasteiger partial charge on any atom is -0.288 e. The molecule has 1 aliphatic rings. The van der Waals surface area contributed by atoms with Gasteiger partial charge in [0, 0.05) is 26.2 Å². The fraction of sp³-hybridized carbons (Fsp3) is 0.462. The number of nitrogens with zero attached hydrogens (tertiary/aromatic N) is 3. The lowest BCUT2D eigenvalue weighted by molar-refractivity contribution is 0.206. The number of rotatable bonds is 4. The summed E-state index contributed by atoms with van der Waals surface area (Å²) in [6, 6.07) is 11.3. The first kappa shape index (κ1) is 14.0. The molecular weight excluding hydrogens is 262 g/mol. The van der Waals surface area contributed by atoms with E-state index in [1.165, 1.54) is 4.31 Å². The van der Waals surface area contributed by atoms with Crippen LogP contribution in [0, 0.1) is 11.3 Å². The number of benzene rings is 1. The van der Waals surface area contributed by atoms with Crippen molar-refractivity contribution < 1.29 is 8.42 Å². The molecule has 1 fully saturated rings. The summed E-state index contributed by atoms with van der Waals surface area (Å²) < 4.78 is 26.0. The molecule has 102 valence electrons. The molecular formula is C13H17N3O2S. The van der Waals surface area contributed by atoms with Gasteiger partial charge in [0.05, 0.1) is 18.4 Å². The number of nitriles is 1. The van der Waals surface area contributed by atoms with Crippen LogP contribution in [0.25, 0.3) is 0 Å². The highest BCUT2D eigenvalue weighted by atomic mass is 32.2. The summed E-state index contributed by atoms with van der Waals surface area (Å²) in [5.74, 6) is 0.0477. The third-order valence-corrected chi connectivity index (χ3v) is 5.06. The van der Waals surface area contributed by atoms with Crippen molar-refractivity contribution in [3.63, 3.8) is 0 Å². The van der Waals surface area contributed by atoms with E-state index in [2.05, 4.69) is 6.07 Å². The molecule has 0 aliphatic carbocycles. The lowest BCUT2D eigenvalue weighted by Crippen LogP contribution is -2.48. The van der Waals surface area contributed by atoms with E-state index in [1.807, 2.05) is 35.2 Å². The maximum atomic E-state index is 12.3. The van der Waals surface area contributed by atoms with Gasteiger partial charge in [-0.15, -0.1) is 0 Å². The van der Waals surface area contributed by atoms with Gasteiger partial charge < -0.3 is 0 Å². The molecule has 0 spiro atoms. The second-order valence-electron chi connectivity index (χ2n) is 4.58. The Morgan fingerprint density at radius 1 is 1.11 bits per heavy atom. The van der Waals surface area contributed by atoms with Crippen LogP contribution in [0.4, 0.5) is 0 Å². The van der Waals surface area contributed by atoms with Crippen molar-refractivity contribution in [3.05, 3.63) is 35.9 Å². The van der Waals surface area contributed by atoms with Crippen LogP contribution in [0.1, 0.15) is 5.56 Å². The Morgan fingerprint density at radius 3 is 2.32 bits per heavy atom.